The Balaban J connectivity index is 1.64. The molecule has 1 fully saturated rings. The fourth-order valence-corrected chi connectivity index (χ4v) is 2.93. The molecule has 0 aliphatic carbocycles. The average Bonchev–Trinajstić information content (AvgIpc) is 2.62. The molecule has 1 aliphatic rings. The molecule has 1 aliphatic heterocycles. The molecule has 2 aromatic rings. The molecule has 3 rings (SSSR count). The standard InChI is InChI=1S/C18H19ClFN3O/c1-24-18-8-3-2-7-17(18)22-9-11-23(12-10-22)21-13-14-15(19)5-4-6-16(14)20/h2-8,13H,9-12H2,1H3/b21-13+. The summed E-state index contributed by atoms with van der Waals surface area (Å²) in [5, 5.41) is 6.66. The van der Waals surface area contributed by atoms with Gasteiger partial charge in [0.25, 0.3) is 0 Å². The van der Waals surface area contributed by atoms with Gasteiger partial charge < -0.3 is 9.64 Å². The number of anilines is 1. The molecule has 0 saturated carbocycles. The van der Waals surface area contributed by atoms with Crippen LogP contribution >= 0.6 is 11.6 Å². The molecule has 6 heteroatoms. The molecule has 1 saturated heterocycles. The molecule has 0 bridgehead atoms. The Hall–Kier alpha value is -2.27. The van der Waals surface area contributed by atoms with Crippen molar-refractivity contribution in [3.8, 4) is 5.75 Å². The maximum Gasteiger partial charge on any atom is 0.142 e. The minimum atomic E-state index is -0.362. The van der Waals surface area contributed by atoms with Gasteiger partial charge in [0.15, 0.2) is 0 Å². The highest BCUT2D eigenvalue weighted by Gasteiger charge is 2.18. The van der Waals surface area contributed by atoms with Crippen LogP contribution < -0.4 is 9.64 Å². The summed E-state index contributed by atoms with van der Waals surface area (Å²) >= 11 is 6.01. The Kier molecular flexibility index (Phi) is 5.20. The Labute approximate surface area is 146 Å². The van der Waals surface area contributed by atoms with Crippen molar-refractivity contribution in [2.24, 2.45) is 5.10 Å². The first-order valence-corrected chi connectivity index (χ1v) is 8.18. The van der Waals surface area contributed by atoms with Crippen LogP contribution in [0, 0.1) is 5.82 Å². The molecular formula is C18H19ClFN3O. The summed E-state index contributed by atoms with van der Waals surface area (Å²) in [5.74, 6) is 0.506. The second-order valence-corrected chi connectivity index (χ2v) is 5.90. The summed E-state index contributed by atoms with van der Waals surface area (Å²) in [6.45, 7) is 3.15. The Morgan fingerprint density at radius 3 is 2.54 bits per heavy atom. The van der Waals surface area contributed by atoms with Gasteiger partial charge in [-0.1, -0.05) is 29.8 Å². The largest absolute Gasteiger partial charge is 0.495 e. The van der Waals surface area contributed by atoms with Crippen LogP contribution in [0.2, 0.25) is 5.02 Å². The van der Waals surface area contributed by atoms with Gasteiger partial charge in [0.1, 0.15) is 11.6 Å². The lowest BCUT2D eigenvalue weighted by Crippen LogP contribution is -2.44. The van der Waals surface area contributed by atoms with Crippen molar-refractivity contribution in [3.05, 3.63) is 58.9 Å². The number of hydrogen-bond donors (Lipinski definition) is 0. The van der Waals surface area contributed by atoms with E-state index in [1.165, 1.54) is 12.3 Å². The summed E-state index contributed by atoms with van der Waals surface area (Å²) in [6.07, 6.45) is 1.50. The predicted molar refractivity (Wildman–Crippen MR) is 95.8 cm³/mol. The highest BCUT2D eigenvalue weighted by molar-refractivity contribution is 6.33. The first-order chi connectivity index (χ1) is 11.7. The molecule has 0 aromatic heterocycles. The zero-order valence-electron chi connectivity index (χ0n) is 13.5. The first-order valence-electron chi connectivity index (χ1n) is 7.80. The Bertz CT molecular complexity index is 710. The van der Waals surface area contributed by atoms with E-state index >= 15 is 0 Å². The number of benzene rings is 2. The minimum absolute atomic E-state index is 0.325. The third-order valence-electron chi connectivity index (χ3n) is 4.03. The van der Waals surface area contributed by atoms with Crippen molar-refractivity contribution >= 4 is 23.5 Å². The molecule has 0 radical (unpaired) electrons. The summed E-state index contributed by atoms with van der Waals surface area (Å²) in [7, 11) is 1.68. The summed E-state index contributed by atoms with van der Waals surface area (Å²) < 4.78 is 19.2. The van der Waals surface area contributed by atoms with Gasteiger partial charge in [-0.05, 0) is 24.3 Å². The number of hydrazone groups is 1. The van der Waals surface area contributed by atoms with Crippen LogP contribution in [0.25, 0.3) is 0 Å². The monoisotopic (exact) mass is 347 g/mol. The van der Waals surface area contributed by atoms with Crippen LogP contribution in [-0.2, 0) is 0 Å². The number of rotatable bonds is 4. The van der Waals surface area contributed by atoms with Crippen LogP contribution in [0.4, 0.5) is 10.1 Å². The van der Waals surface area contributed by atoms with Crippen LogP contribution in [-0.4, -0.2) is 44.5 Å². The average molecular weight is 348 g/mol. The number of methoxy groups -OCH3 is 1. The number of piperazine rings is 1. The van der Waals surface area contributed by atoms with E-state index in [9.17, 15) is 4.39 Å². The first kappa shape index (κ1) is 16.6. The van der Waals surface area contributed by atoms with Gasteiger partial charge in [-0.15, -0.1) is 0 Å². The van der Waals surface area contributed by atoms with Crippen LogP contribution in [0.15, 0.2) is 47.6 Å². The van der Waals surface area contributed by atoms with Crippen molar-refractivity contribution in [3.63, 3.8) is 0 Å². The van der Waals surface area contributed by atoms with Gasteiger partial charge >= 0.3 is 0 Å². The van der Waals surface area contributed by atoms with Crippen molar-refractivity contribution < 1.29 is 9.13 Å². The molecule has 126 valence electrons. The Morgan fingerprint density at radius 2 is 1.83 bits per heavy atom. The van der Waals surface area contributed by atoms with E-state index in [0.717, 1.165) is 37.6 Å². The second kappa shape index (κ2) is 7.53. The topological polar surface area (TPSA) is 28.1 Å². The third-order valence-corrected chi connectivity index (χ3v) is 4.36. The van der Waals surface area contributed by atoms with E-state index in [4.69, 9.17) is 16.3 Å². The highest BCUT2D eigenvalue weighted by atomic mass is 35.5. The quantitative estimate of drug-likeness (QED) is 0.790. The maximum absolute atomic E-state index is 13.8. The van der Waals surface area contributed by atoms with Crippen LogP contribution in [0.5, 0.6) is 5.75 Å². The Morgan fingerprint density at radius 1 is 1.08 bits per heavy atom. The number of hydrogen-bond acceptors (Lipinski definition) is 4. The zero-order valence-corrected chi connectivity index (χ0v) is 14.2. The fraction of sp³-hybridized carbons (Fsp3) is 0.278. The molecule has 0 N–H and O–H groups in total. The van der Waals surface area contributed by atoms with E-state index in [0.29, 0.717) is 10.6 Å². The van der Waals surface area contributed by atoms with Crippen molar-refractivity contribution in [1.29, 1.82) is 0 Å². The number of halogens is 2. The smallest absolute Gasteiger partial charge is 0.142 e. The van der Waals surface area contributed by atoms with Gasteiger partial charge in [0.05, 0.1) is 37.1 Å². The van der Waals surface area contributed by atoms with Crippen LogP contribution in [0.1, 0.15) is 5.56 Å². The molecule has 2 aromatic carbocycles. The molecule has 4 nitrogen and oxygen atoms in total. The van der Waals surface area contributed by atoms with E-state index in [2.05, 4.69) is 16.1 Å². The lowest BCUT2D eigenvalue weighted by atomic mass is 10.2. The fourth-order valence-electron chi connectivity index (χ4n) is 2.72. The third kappa shape index (κ3) is 3.62. The number of ether oxygens (including phenoxy) is 1. The normalized spacial score (nSPS) is 15.1. The highest BCUT2D eigenvalue weighted by Crippen LogP contribution is 2.28. The van der Waals surface area contributed by atoms with Gasteiger partial charge in [0.2, 0.25) is 0 Å². The lowest BCUT2D eigenvalue weighted by molar-refractivity contribution is 0.271. The summed E-state index contributed by atoms with van der Waals surface area (Å²) in [5.41, 5.74) is 1.41. The van der Waals surface area contributed by atoms with Gasteiger partial charge in [-0.2, -0.15) is 5.10 Å². The van der Waals surface area contributed by atoms with E-state index in [1.807, 2.05) is 23.2 Å². The van der Waals surface area contributed by atoms with Crippen molar-refractivity contribution in [2.75, 3.05) is 38.2 Å². The number of para-hydroxylation sites is 2. The van der Waals surface area contributed by atoms with Gasteiger partial charge in [-0.3, -0.25) is 5.01 Å². The van der Waals surface area contributed by atoms with Crippen LogP contribution in [0.3, 0.4) is 0 Å². The molecule has 1 heterocycles. The molecule has 0 atom stereocenters. The molecular weight excluding hydrogens is 329 g/mol. The van der Waals surface area contributed by atoms with Gasteiger partial charge in [-0.25, -0.2) is 4.39 Å². The molecule has 0 unspecified atom stereocenters. The van der Waals surface area contributed by atoms with E-state index < -0.39 is 0 Å². The summed E-state index contributed by atoms with van der Waals surface area (Å²) in [4.78, 5) is 2.26. The predicted octanol–water partition coefficient (Wildman–Crippen LogP) is 3.64. The second-order valence-electron chi connectivity index (χ2n) is 5.49. The van der Waals surface area contributed by atoms with Crippen molar-refractivity contribution in [1.82, 2.24) is 5.01 Å². The molecule has 0 amide bonds. The lowest BCUT2D eigenvalue weighted by Gasteiger charge is -2.35. The minimum Gasteiger partial charge on any atom is -0.495 e. The number of nitrogens with zero attached hydrogens (tertiary/aromatic N) is 3. The molecule has 0 spiro atoms. The van der Waals surface area contributed by atoms with E-state index in [-0.39, 0.29) is 5.82 Å². The van der Waals surface area contributed by atoms with Gasteiger partial charge in [0, 0.05) is 18.7 Å². The SMILES string of the molecule is COc1ccccc1N1CCN(/N=C/c2c(F)cccc2Cl)CC1. The maximum atomic E-state index is 13.8. The summed E-state index contributed by atoms with van der Waals surface area (Å²) in [6, 6.07) is 12.6. The zero-order chi connectivity index (χ0) is 16.9. The van der Waals surface area contributed by atoms with Crippen molar-refractivity contribution in [2.45, 2.75) is 0 Å². The van der Waals surface area contributed by atoms with E-state index in [1.54, 1.807) is 19.2 Å². The molecule has 24 heavy (non-hydrogen) atoms.